The van der Waals surface area contributed by atoms with Gasteiger partial charge in [-0.25, -0.2) is 9.79 Å². The molecule has 0 saturated carbocycles. The van der Waals surface area contributed by atoms with Crippen LogP contribution in [-0.4, -0.2) is 28.3 Å². The van der Waals surface area contributed by atoms with E-state index in [1.165, 1.54) is 24.3 Å². The largest absolute Gasteiger partial charge is 0.490 e. The first-order chi connectivity index (χ1) is 18.2. The number of benzene rings is 3. The highest BCUT2D eigenvalue weighted by Gasteiger charge is 2.26. The molecule has 194 valence electrons. The Morgan fingerprint density at radius 2 is 1.76 bits per heavy atom. The fourth-order valence-corrected chi connectivity index (χ4v) is 4.35. The molecule has 0 unspecified atom stereocenters. The van der Waals surface area contributed by atoms with E-state index < -0.39 is 15.8 Å². The van der Waals surface area contributed by atoms with E-state index in [1.807, 2.05) is 6.92 Å². The van der Waals surface area contributed by atoms with Crippen LogP contribution in [0.25, 0.3) is 6.08 Å². The maximum absolute atomic E-state index is 12.5. The van der Waals surface area contributed by atoms with E-state index in [-0.39, 0.29) is 29.6 Å². The molecule has 1 aliphatic rings. The summed E-state index contributed by atoms with van der Waals surface area (Å²) in [4.78, 5) is 37.9. The van der Waals surface area contributed by atoms with Crippen LogP contribution in [0.3, 0.4) is 0 Å². The van der Waals surface area contributed by atoms with Crippen molar-refractivity contribution in [3.05, 3.63) is 106 Å². The summed E-state index contributed by atoms with van der Waals surface area (Å²) in [6.07, 6.45) is 1.53. The van der Waals surface area contributed by atoms with Crippen LogP contribution in [0.5, 0.6) is 11.5 Å². The maximum Gasteiger partial charge on any atom is 0.363 e. The van der Waals surface area contributed by atoms with Gasteiger partial charge in [-0.1, -0.05) is 6.07 Å². The van der Waals surface area contributed by atoms with Crippen molar-refractivity contribution in [2.75, 3.05) is 6.61 Å². The van der Waals surface area contributed by atoms with Crippen LogP contribution in [0.1, 0.15) is 29.2 Å². The number of nitrogens with zero attached hydrogens (tertiary/aromatic N) is 3. The third kappa shape index (κ3) is 5.96. The zero-order valence-corrected chi connectivity index (χ0v) is 22.3. The normalized spacial score (nSPS) is 13.7. The number of halogens is 1. The summed E-state index contributed by atoms with van der Waals surface area (Å²) >= 11 is 2.09. The van der Waals surface area contributed by atoms with Gasteiger partial charge in [0.15, 0.2) is 17.2 Å². The highest BCUT2D eigenvalue weighted by atomic mass is 127. The number of cyclic esters (lactones) is 1. The van der Waals surface area contributed by atoms with E-state index in [2.05, 4.69) is 27.6 Å². The number of nitro groups is 2. The van der Waals surface area contributed by atoms with Gasteiger partial charge in [-0.05, 0) is 84.0 Å². The van der Waals surface area contributed by atoms with Crippen molar-refractivity contribution in [2.45, 2.75) is 20.5 Å². The van der Waals surface area contributed by atoms with E-state index in [0.29, 0.717) is 38.4 Å². The standard InChI is InChI=1S/C26H20IN3O8/c1-3-36-23-12-17(10-20(27)24(23)37-14-16-5-8-19(9-6-16)29(32)33)11-21-26(31)38-25(28-21)18-7-4-15(2)22(13-18)30(34)35/h4-13H,3,14H2,1-2H3/b21-11-. The van der Waals surface area contributed by atoms with Crippen LogP contribution in [0.15, 0.2) is 65.3 Å². The van der Waals surface area contributed by atoms with Crippen LogP contribution >= 0.6 is 22.6 Å². The molecular weight excluding hydrogens is 609 g/mol. The molecular formula is C26H20IN3O8. The Hall–Kier alpha value is -4.33. The predicted octanol–water partition coefficient (Wildman–Crippen LogP) is 5.74. The molecule has 0 spiro atoms. The van der Waals surface area contributed by atoms with Gasteiger partial charge >= 0.3 is 5.97 Å². The lowest BCUT2D eigenvalue weighted by Crippen LogP contribution is -2.06. The number of ether oxygens (including phenoxy) is 3. The number of carbonyl (C=O) groups is 1. The molecule has 3 aromatic carbocycles. The van der Waals surface area contributed by atoms with Gasteiger partial charge < -0.3 is 14.2 Å². The number of carbonyl (C=O) groups excluding carboxylic acids is 1. The van der Waals surface area contributed by atoms with Crippen molar-refractivity contribution in [1.82, 2.24) is 0 Å². The first kappa shape index (κ1) is 26.7. The van der Waals surface area contributed by atoms with Crippen LogP contribution in [0, 0.1) is 30.7 Å². The van der Waals surface area contributed by atoms with Gasteiger partial charge in [0.2, 0.25) is 5.90 Å². The van der Waals surface area contributed by atoms with Crippen LogP contribution in [0.4, 0.5) is 11.4 Å². The number of hydrogen-bond acceptors (Lipinski definition) is 9. The number of nitro benzene ring substituents is 2. The minimum atomic E-state index is -0.685. The number of rotatable bonds is 9. The van der Waals surface area contributed by atoms with Crippen molar-refractivity contribution < 1.29 is 28.9 Å². The van der Waals surface area contributed by atoms with Gasteiger partial charge in [0, 0.05) is 29.3 Å². The van der Waals surface area contributed by atoms with Crippen molar-refractivity contribution >= 4 is 51.9 Å². The SMILES string of the molecule is CCOc1cc(/C=C2\N=C(c3ccc(C)c([N+](=O)[O-])c3)OC2=O)cc(I)c1OCc1ccc([N+](=O)[O-])cc1. The molecule has 0 atom stereocenters. The smallest absolute Gasteiger partial charge is 0.363 e. The zero-order chi connectivity index (χ0) is 27.4. The number of aryl methyl sites for hydroxylation is 1. The van der Waals surface area contributed by atoms with E-state index in [4.69, 9.17) is 14.2 Å². The first-order valence-electron chi connectivity index (χ1n) is 11.3. The summed E-state index contributed by atoms with van der Waals surface area (Å²) < 4.78 is 17.7. The lowest BCUT2D eigenvalue weighted by molar-refractivity contribution is -0.385. The van der Waals surface area contributed by atoms with Crippen molar-refractivity contribution in [1.29, 1.82) is 0 Å². The van der Waals surface area contributed by atoms with E-state index >= 15 is 0 Å². The molecule has 4 rings (SSSR count). The third-order valence-electron chi connectivity index (χ3n) is 5.44. The summed E-state index contributed by atoms with van der Waals surface area (Å²) in [6, 6.07) is 14.0. The molecule has 0 bridgehead atoms. The van der Waals surface area contributed by atoms with Crippen molar-refractivity contribution in [2.24, 2.45) is 4.99 Å². The maximum atomic E-state index is 12.5. The van der Waals surface area contributed by atoms with Gasteiger partial charge in [0.1, 0.15) is 6.61 Å². The van der Waals surface area contributed by atoms with Crippen molar-refractivity contribution in [3.8, 4) is 11.5 Å². The monoisotopic (exact) mass is 629 g/mol. The number of hydrogen-bond donors (Lipinski definition) is 0. The molecule has 0 radical (unpaired) electrons. The second-order valence-electron chi connectivity index (χ2n) is 8.07. The topological polar surface area (TPSA) is 143 Å². The highest BCUT2D eigenvalue weighted by molar-refractivity contribution is 14.1. The lowest BCUT2D eigenvalue weighted by Gasteiger charge is -2.15. The Bertz CT molecular complexity index is 1500. The lowest BCUT2D eigenvalue weighted by atomic mass is 10.1. The molecule has 0 amide bonds. The Labute approximate surface area is 230 Å². The molecule has 0 N–H and O–H groups in total. The molecule has 0 aromatic heterocycles. The summed E-state index contributed by atoms with van der Waals surface area (Å²) in [7, 11) is 0. The number of esters is 1. The van der Waals surface area contributed by atoms with Crippen LogP contribution in [-0.2, 0) is 16.1 Å². The van der Waals surface area contributed by atoms with Gasteiger partial charge in [-0.2, -0.15) is 0 Å². The Balaban J connectivity index is 1.60. The minimum absolute atomic E-state index is 0.00687. The van der Waals surface area contributed by atoms with Crippen LogP contribution in [0.2, 0.25) is 0 Å². The van der Waals surface area contributed by atoms with Crippen molar-refractivity contribution in [3.63, 3.8) is 0 Å². The van der Waals surface area contributed by atoms with Crippen LogP contribution < -0.4 is 9.47 Å². The predicted molar refractivity (Wildman–Crippen MR) is 146 cm³/mol. The fraction of sp³-hybridized carbons (Fsp3) is 0.154. The zero-order valence-electron chi connectivity index (χ0n) is 20.2. The molecule has 1 heterocycles. The first-order valence-corrected chi connectivity index (χ1v) is 12.3. The number of non-ortho nitro benzene ring substituents is 1. The minimum Gasteiger partial charge on any atom is -0.490 e. The molecule has 0 aliphatic carbocycles. The van der Waals surface area contributed by atoms with E-state index in [0.717, 1.165) is 5.56 Å². The summed E-state index contributed by atoms with van der Waals surface area (Å²) in [5.74, 6) is 0.220. The Morgan fingerprint density at radius 3 is 2.42 bits per heavy atom. The average molecular weight is 629 g/mol. The molecule has 12 heteroatoms. The Kier molecular flexibility index (Phi) is 8.00. The van der Waals surface area contributed by atoms with E-state index in [9.17, 15) is 25.0 Å². The molecule has 38 heavy (non-hydrogen) atoms. The third-order valence-corrected chi connectivity index (χ3v) is 6.24. The van der Waals surface area contributed by atoms with Gasteiger partial charge in [0.05, 0.1) is 20.0 Å². The second kappa shape index (κ2) is 11.4. The molecule has 0 saturated heterocycles. The number of aliphatic imine (C=N–C) groups is 1. The summed E-state index contributed by atoms with van der Waals surface area (Å²) in [5, 5.41) is 22.1. The molecule has 1 aliphatic heterocycles. The van der Waals surface area contributed by atoms with Gasteiger partial charge in [0.25, 0.3) is 11.4 Å². The van der Waals surface area contributed by atoms with Gasteiger partial charge in [-0.15, -0.1) is 0 Å². The molecule has 0 fully saturated rings. The van der Waals surface area contributed by atoms with E-state index in [1.54, 1.807) is 43.3 Å². The quantitative estimate of drug-likeness (QED) is 0.0959. The van der Waals surface area contributed by atoms with Gasteiger partial charge in [-0.3, -0.25) is 20.2 Å². The second-order valence-corrected chi connectivity index (χ2v) is 9.23. The molecule has 11 nitrogen and oxygen atoms in total. The summed E-state index contributed by atoms with van der Waals surface area (Å²) in [6.45, 7) is 3.97. The average Bonchev–Trinajstić information content (AvgIpc) is 3.24. The molecule has 3 aromatic rings. The Morgan fingerprint density at radius 1 is 1.03 bits per heavy atom. The summed E-state index contributed by atoms with van der Waals surface area (Å²) in [5.41, 5.74) is 2.07. The fourth-order valence-electron chi connectivity index (χ4n) is 3.57. The highest BCUT2D eigenvalue weighted by Crippen LogP contribution is 2.36.